The van der Waals surface area contributed by atoms with Gasteiger partial charge in [0, 0.05) is 37.1 Å². The maximum atomic E-state index is 2.56. The van der Waals surface area contributed by atoms with Crippen LogP contribution in [0.25, 0.3) is 64.7 Å². The molecule has 12 aromatic rings. The summed E-state index contributed by atoms with van der Waals surface area (Å²) in [7, 11) is 0. The Balaban J connectivity index is 1.000. The summed E-state index contributed by atoms with van der Waals surface area (Å²) >= 11 is 1.89. The second-order valence-electron chi connectivity index (χ2n) is 19.0. The van der Waals surface area contributed by atoms with Crippen molar-refractivity contribution in [2.75, 3.05) is 4.90 Å². The first-order valence-electron chi connectivity index (χ1n) is 24.3. The molecular weight excluding hydrogens is 863 g/mol. The highest BCUT2D eigenvalue weighted by Crippen LogP contribution is 2.65. The summed E-state index contributed by atoms with van der Waals surface area (Å²) in [6, 6.07) is 98.0. The molecule has 1 heterocycles. The summed E-state index contributed by atoms with van der Waals surface area (Å²) in [6.45, 7) is 0. The van der Waals surface area contributed by atoms with E-state index < -0.39 is 10.8 Å². The van der Waals surface area contributed by atoms with Crippen LogP contribution in [0.4, 0.5) is 17.1 Å². The second kappa shape index (κ2) is 15.0. The van der Waals surface area contributed by atoms with E-state index in [1.165, 1.54) is 115 Å². The molecule has 0 fully saturated rings. The Kier molecular flexibility index (Phi) is 8.43. The van der Waals surface area contributed by atoms with Crippen molar-refractivity contribution in [1.82, 2.24) is 0 Å². The smallest absolute Gasteiger partial charge is 0.0746 e. The molecule has 0 saturated carbocycles. The van der Waals surface area contributed by atoms with Crippen molar-refractivity contribution in [2.45, 2.75) is 10.8 Å². The van der Waals surface area contributed by atoms with Crippen molar-refractivity contribution in [2.24, 2.45) is 0 Å². The minimum absolute atomic E-state index is 0.502. The fourth-order valence-electron chi connectivity index (χ4n) is 13.1. The normalized spacial score (nSPS) is 13.9. The van der Waals surface area contributed by atoms with E-state index in [1.807, 2.05) is 11.3 Å². The third-order valence-corrected chi connectivity index (χ3v) is 17.0. The van der Waals surface area contributed by atoms with Crippen molar-refractivity contribution in [3.05, 3.63) is 305 Å². The van der Waals surface area contributed by atoms with Crippen LogP contribution in [0, 0.1) is 0 Å². The number of nitrogens with zero attached hydrogens (tertiary/aromatic N) is 1. The molecule has 0 N–H and O–H groups in total. The highest BCUT2D eigenvalue weighted by atomic mass is 32.1. The third-order valence-electron chi connectivity index (χ3n) is 15.8. The summed E-state index contributed by atoms with van der Waals surface area (Å²) < 4.78 is 2.62. The maximum Gasteiger partial charge on any atom is 0.0746 e. The zero-order valence-corrected chi connectivity index (χ0v) is 39.0. The van der Waals surface area contributed by atoms with Crippen LogP contribution in [0.2, 0.25) is 0 Å². The second-order valence-corrected chi connectivity index (χ2v) is 20.1. The first-order chi connectivity index (χ1) is 34.7. The number of hydrogen-bond acceptors (Lipinski definition) is 2. The average Bonchev–Trinajstić information content (AvgIpc) is 4.16. The van der Waals surface area contributed by atoms with Gasteiger partial charge in [0.2, 0.25) is 0 Å². The molecule has 0 atom stereocenters. The van der Waals surface area contributed by atoms with Crippen LogP contribution in [0.15, 0.2) is 261 Å². The van der Waals surface area contributed by atoms with Crippen LogP contribution in [0.1, 0.15) is 44.5 Å². The zero-order chi connectivity index (χ0) is 46.0. The summed E-state index contributed by atoms with van der Waals surface area (Å²) in [5.74, 6) is 0. The van der Waals surface area contributed by atoms with Crippen molar-refractivity contribution in [3.8, 4) is 44.5 Å². The zero-order valence-electron chi connectivity index (χ0n) is 38.2. The SMILES string of the molecule is c1ccc(C2(c3ccc(N(c4cccc(-c5cccc6c5sc5ccccc56)c4)c4cccc5c4C4(c6ccccc6-c6ccccc64)c4ccccc4-5)cc3)c3ccccc3-c3ccccc32)cc1. The summed E-state index contributed by atoms with van der Waals surface area (Å²) in [5.41, 5.74) is 23.0. The van der Waals surface area contributed by atoms with Crippen LogP contribution in [-0.2, 0) is 10.8 Å². The van der Waals surface area contributed by atoms with Gasteiger partial charge in [-0.2, -0.15) is 0 Å². The number of rotatable bonds is 6. The predicted octanol–water partition coefficient (Wildman–Crippen LogP) is 17.9. The average molecular weight is 906 g/mol. The molecule has 1 aromatic heterocycles. The highest BCUT2D eigenvalue weighted by molar-refractivity contribution is 7.26. The van der Waals surface area contributed by atoms with Gasteiger partial charge in [-0.1, -0.05) is 224 Å². The van der Waals surface area contributed by atoms with Gasteiger partial charge in [-0.05, 0) is 120 Å². The van der Waals surface area contributed by atoms with Gasteiger partial charge in [0.1, 0.15) is 0 Å². The summed E-state index contributed by atoms with van der Waals surface area (Å²) in [4.78, 5) is 2.56. The molecule has 0 saturated heterocycles. The Hall–Kier alpha value is -8.56. The van der Waals surface area contributed by atoms with E-state index in [2.05, 4.69) is 266 Å². The van der Waals surface area contributed by atoms with Gasteiger partial charge in [0.15, 0.2) is 0 Å². The number of thiophene rings is 1. The molecule has 0 unspecified atom stereocenters. The minimum Gasteiger partial charge on any atom is -0.310 e. The van der Waals surface area contributed by atoms with E-state index in [9.17, 15) is 0 Å². The van der Waals surface area contributed by atoms with Crippen LogP contribution in [-0.4, -0.2) is 0 Å². The molecule has 1 nitrogen and oxygen atoms in total. The minimum atomic E-state index is -0.539. The molecule has 0 aliphatic heterocycles. The Morgan fingerprint density at radius 1 is 0.300 bits per heavy atom. The molecule has 0 radical (unpaired) electrons. The van der Waals surface area contributed by atoms with Gasteiger partial charge in [0.25, 0.3) is 0 Å². The number of hydrogen-bond donors (Lipinski definition) is 0. The Bertz CT molecular complexity index is 3970. The van der Waals surface area contributed by atoms with E-state index in [-0.39, 0.29) is 0 Å². The molecule has 2 heteroatoms. The predicted molar refractivity (Wildman–Crippen MR) is 293 cm³/mol. The quantitative estimate of drug-likeness (QED) is 0.161. The van der Waals surface area contributed by atoms with E-state index in [0.29, 0.717) is 0 Å². The highest BCUT2D eigenvalue weighted by Gasteiger charge is 2.53. The number of benzene rings is 11. The van der Waals surface area contributed by atoms with Gasteiger partial charge >= 0.3 is 0 Å². The third kappa shape index (κ3) is 5.21. The number of fused-ring (bicyclic) bond motifs is 16. The lowest BCUT2D eigenvalue weighted by atomic mass is 9.67. The van der Waals surface area contributed by atoms with E-state index in [0.717, 1.165) is 11.4 Å². The maximum absolute atomic E-state index is 2.56. The summed E-state index contributed by atoms with van der Waals surface area (Å²) in [5, 5.41) is 2.61. The largest absolute Gasteiger partial charge is 0.310 e. The Morgan fingerprint density at radius 2 is 0.757 bits per heavy atom. The fourth-order valence-corrected chi connectivity index (χ4v) is 14.3. The van der Waals surface area contributed by atoms with Gasteiger partial charge in [0.05, 0.1) is 16.5 Å². The van der Waals surface area contributed by atoms with Crippen LogP contribution < -0.4 is 4.90 Å². The van der Waals surface area contributed by atoms with Gasteiger partial charge in [-0.25, -0.2) is 0 Å². The topological polar surface area (TPSA) is 3.24 Å². The first-order valence-corrected chi connectivity index (χ1v) is 25.2. The molecule has 1 spiro atoms. The molecule has 0 bridgehead atoms. The van der Waals surface area contributed by atoms with E-state index in [1.54, 1.807) is 0 Å². The van der Waals surface area contributed by atoms with Crippen molar-refractivity contribution in [3.63, 3.8) is 0 Å². The van der Waals surface area contributed by atoms with Crippen molar-refractivity contribution >= 4 is 48.6 Å². The van der Waals surface area contributed by atoms with Crippen LogP contribution in [0.3, 0.4) is 0 Å². The Labute approximate surface area is 411 Å². The van der Waals surface area contributed by atoms with Crippen molar-refractivity contribution in [1.29, 1.82) is 0 Å². The van der Waals surface area contributed by atoms with Gasteiger partial charge < -0.3 is 4.90 Å². The lowest BCUT2D eigenvalue weighted by molar-refractivity contribution is 0.768. The molecule has 70 heavy (non-hydrogen) atoms. The van der Waals surface area contributed by atoms with Crippen LogP contribution >= 0.6 is 11.3 Å². The lowest BCUT2D eigenvalue weighted by Crippen LogP contribution is -2.29. The number of anilines is 3. The van der Waals surface area contributed by atoms with Crippen LogP contribution in [0.5, 0.6) is 0 Å². The molecule has 326 valence electrons. The molecule has 3 aliphatic carbocycles. The van der Waals surface area contributed by atoms with E-state index >= 15 is 0 Å². The molecular formula is C68H43NS. The van der Waals surface area contributed by atoms with E-state index in [4.69, 9.17) is 0 Å². The Morgan fingerprint density at radius 3 is 1.39 bits per heavy atom. The van der Waals surface area contributed by atoms with Gasteiger partial charge in [-0.15, -0.1) is 11.3 Å². The van der Waals surface area contributed by atoms with Gasteiger partial charge in [-0.3, -0.25) is 0 Å². The fraction of sp³-hybridized carbons (Fsp3) is 0.0294. The molecule has 3 aliphatic rings. The molecule has 15 rings (SSSR count). The summed E-state index contributed by atoms with van der Waals surface area (Å²) in [6.07, 6.45) is 0. The molecule has 0 amide bonds. The lowest BCUT2D eigenvalue weighted by Gasteiger charge is -2.36. The first kappa shape index (κ1) is 39.4. The van der Waals surface area contributed by atoms with Crippen molar-refractivity contribution < 1.29 is 0 Å². The monoisotopic (exact) mass is 905 g/mol. The standard InChI is InChI=1S/C68H43NS/c1-2-20-45(21-3-1)67(58-32-10-4-23-50(58)51-24-5-11-33-59(51)67)46-39-41-47(42-40-46)69(48-22-16-19-44(43-48)49-29-17-31-57-55-28-9-15-38-64(55)70-66(49)57)63-37-18-30-56-54-27-8-14-36-62(54)68(65(56)63)60-34-12-6-25-52(60)53-26-7-13-35-61(53)68/h1-43H. The molecule has 11 aromatic carbocycles.